The van der Waals surface area contributed by atoms with Crippen LogP contribution in [0.1, 0.15) is 30.9 Å². The van der Waals surface area contributed by atoms with Gasteiger partial charge in [-0.1, -0.05) is 36.8 Å². The van der Waals surface area contributed by atoms with Crippen LogP contribution in [0.25, 0.3) is 0 Å². The molecule has 1 heterocycles. The van der Waals surface area contributed by atoms with Crippen molar-refractivity contribution in [1.29, 1.82) is 0 Å². The fraction of sp³-hybridized carbons (Fsp3) is 0.611. The Kier molecular flexibility index (Phi) is 4.79. The smallest absolute Gasteiger partial charge is 0.226 e. The fourth-order valence-electron chi connectivity index (χ4n) is 3.43. The highest BCUT2D eigenvalue weighted by Gasteiger charge is 2.40. The zero-order valence-corrected chi connectivity index (χ0v) is 13.6. The second kappa shape index (κ2) is 6.80. The number of rotatable bonds is 4. The normalized spacial score (nSPS) is 26.0. The zero-order chi connectivity index (χ0) is 15.5. The average Bonchev–Trinajstić information content (AvgIpc) is 2.45. The molecule has 2 fully saturated rings. The maximum atomic E-state index is 12.9. The highest BCUT2D eigenvalue weighted by molar-refractivity contribution is 5.80. The number of morpholine rings is 1. The van der Waals surface area contributed by atoms with Crippen LogP contribution in [0.4, 0.5) is 0 Å². The summed E-state index contributed by atoms with van der Waals surface area (Å²) in [7, 11) is 4.11. The average molecular weight is 302 g/mol. The molecule has 2 atom stereocenters. The molecular weight excluding hydrogens is 276 g/mol. The summed E-state index contributed by atoms with van der Waals surface area (Å²) in [4.78, 5) is 17.1. The SMILES string of the molecule is CN(C)C[C@@H]1OCCN(C(=O)C2CCC2)[C@H]1c1ccccc1. The third-order valence-electron chi connectivity index (χ3n) is 4.78. The molecule has 0 aromatic heterocycles. The van der Waals surface area contributed by atoms with Crippen molar-refractivity contribution >= 4 is 5.91 Å². The van der Waals surface area contributed by atoms with Crippen LogP contribution in [0.2, 0.25) is 0 Å². The van der Waals surface area contributed by atoms with E-state index >= 15 is 0 Å². The van der Waals surface area contributed by atoms with Crippen molar-refractivity contribution in [3.63, 3.8) is 0 Å². The molecule has 4 nitrogen and oxygen atoms in total. The van der Waals surface area contributed by atoms with Gasteiger partial charge in [-0.2, -0.15) is 0 Å². The van der Waals surface area contributed by atoms with Crippen LogP contribution < -0.4 is 0 Å². The van der Waals surface area contributed by atoms with Crippen LogP contribution in [-0.2, 0) is 9.53 Å². The number of ether oxygens (including phenoxy) is 1. The van der Waals surface area contributed by atoms with Crippen molar-refractivity contribution < 1.29 is 9.53 Å². The van der Waals surface area contributed by atoms with E-state index in [0.29, 0.717) is 19.1 Å². The molecule has 0 N–H and O–H groups in total. The first-order chi connectivity index (χ1) is 10.7. The predicted molar refractivity (Wildman–Crippen MR) is 86.5 cm³/mol. The van der Waals surface area contributed by atoms with E-state index in [4.69, 9.17) is 4.74 Å². The summed E-state index contributed by atoms with van der Waals surface area (Å²) in [5.41, 5.74) is 1.18. The lowest BCUT2D eigenvalue weighted by Crippen LogP contribution is -2.53. The Morgan fingerprint density at radius 3 is 2.59 bits per heavy atom. The Balaban J connectivity index is 1.87. The van der Waals surface area contributed by atoms with Crippen molar-refractivity contribution in [2.45, 2.75) is 31.4 Å². The first-order valence-electron chi connectivity index (χ1n) is 8.28. The molecule has 1 amide bonds. The summed E-state index contributed by atoms with van der Waals surface area (Å²) in [5.74, 6) is 0.566. The van der Waals surface area contributed by atoms with Gasteiger partial charge in [-0.05, 0) is 32.5 Å². The molecule has 2 aliphatic rings. The van der Waals surface area contributed by atoms with Gasteiger partial charge in [0.15, 0.2) is 0 Å². The van der Waals surface area contributed by atoms with E-state index in [1.54, 1.807) is 0 Å². The van der Waals surface area contributed by atoms with Crippen molar-refractivity contribution in [2.24, 2.45) is 5.92 Å². The number of benzene rings is 1. The second-order valence-corrected chi connectivity index (χ2v) is 6.69. The Labute approximate surface area is 133 Å². The molecule has 22 heavy (non-hydrogen) atoms. The number of hydrogen-bond donors (Lipinski definition) is 0. The Morgan fingerprint density at radius 1 is 1.27 bits per heavy atom. The van der Waals surface area contributed by atoms with E-state index in [-0.39, 0.29) is 18.1 Å². The highest BCUT2D eigenvalue weighted by Crippen LogP contribution is 2.35. The summed E-state index contributed by atoms with van der Waals surface area (Å²) in [6, 6.07) is 10.4. The molecule has 0 unspecified atom stereocenters. The van der Waals surface area contributed by atoms with Crippen LogP contribution in [0.5, 0.6) is 0 Å². The third kappa shape index (κ3) is 3.18. The topological polar surface area (TPSA) is 32.8 Å². The molecule has 1 aromatic rings. The molecule has 120 valence electrons. The van der Waals surface area contributed by atoms with Gasteiger partial charge in [0, 0.05) is 19.0 Å². The molecule has 3 rings (SSSR count). The minimum Gasteiger partial charge on any atom is -0.373 e. The van der Waals surface area contributed by atoms with Crippen LogP contribution in [-0.4, -0.2) is 55.6 Å². The predicted octanol–water partition coefficient (Wildman–Crippen LogP) is 2.32. The molecule has 1 aromatic carbocycles. The third-order valence-corrected chi connectivity index (χ3v) is 4.78. The molecule has 4 heteroatoms. The summed E-state index contributed by atoms with van der Waals surface area (Å²) < 4.78 is 6.03. The Morgan fingerprint density at radius 2 is 2.00 bits per heavy atom. The number of hydrogen-bond acceptors (Lipinski definition) is 3. The van der Waals surface area contributed by atoms with E-state index in [0.717, 1.165) is 19.4 Å². The van der Waals surface area contributed by atoms with Gasteiger partial charge in [-0.25, -0.2) is 0 Å². The zero-order valence-electron chi connectivity index (χ0n) is 13.6. The van der Waals surface area contributed by atoms with Gasteiger partial charge >= 0.3 is 0 Å². The first kappa shape index (κ1) is 15.5. The van der Waals surface area contributed by atoms with Crippen molar-refractivity contribution in [3.8, 4) is 0 Å². The van der Waals surface area contributed by atoms with Gasteiger partial charge < -0.3 is 14.5 Å². The lowest BCUT2D eigenvalue weighted by Gasteiger charge is -2.44. The molecule has 1 saturated carbocycles. The maximum Gasteiger partial charge on any atom is 0.226 e. The lowest BCUT2D eigenvalue weighted by atomic mass is 9.83. The quantitative estimate of drug-likeness (QED) is 0.856. The van der Waals surface area contributed by atoms with Crippen LogP contribution in [0.3, 0.4) is 0 Å². The largest absolute Gasteiger partial charge is 0.373 e. The number of carbonyl (C=O) groups excluding carboxylic acids is 1. The number of nitrogens with zero attached hydrogens (tertiary/aromatic N) is 2. The van der Waals surface area contributed by atoms with E-state index in [1.807, 2.05) is 18.2 Å². The number of carbonyl (C=O) groups is 1. The van der Waals surface area contributed by atoms with Crippen LogP contribution >= 0.6 is 0 Å². The molecule has 1 aliphatic heterocycles. The van der Waals surface area contributed by atoms with Crippen molar-refractivity contribution in [3.05, 3.63) is 35.9 Å². The molecule has 0 bridgehead atoms. The second-order valence-electron chi connectivity index (χ2n) is 6.69. The van der Waals surface area contributed by atoms with E-state index in [9.17, 15) is 4.79 Å². The van der Waals surface area contributed by atoms with Crippen molar-refractivity contribution in [2.75, 3.05) is 33.8 Å². The van der Waals surface area contributed by atoms with Crippen LogP contribution in [0.15, 0.2) is 30.3 Å². The van der Waals surface area contributed by atoms with E-state index in [2.05, 4.69) is 36.0 Å². The van der Waals surface area contributed by atoms with Gasteiger partial charge in [0.05, 0.1) is 18.8 Å². The lowest BCUT2D eigenvalue weighted by molar-refractivity contribution is -0.154. The molecular formula is C18H26N2O2. The summed E-state index contributed by atoms with van der Waals surface area (Å²) in [6.45, 7) is 2.17. The van der Waals surface area contributed by atoms with Gasteiger partial charge in [0.2, 0.25) is 5.91 Å². The minimum absolute atomic E-state index is 0.0328. The highest BCUT2D eigenvalue weighted by atomic mass is 16.5. The van der Waals surface area contributed by atoms with E-state index in [1.165, 1.54) is 12.0 Å². The van der Waals surface area contributed by atoms with Gasteiger partial charge in [0.1, 0.15) is 0 Å². The minimum atomic E-state index is 0.0328. The molecule has 1 aliphatic carbocycles. The van der Waals surface area contributed by atoms with Crippen LogP contribution in [0, 0.1) is 5.92 Å². The summed E-state index contributed by atoms with van der Waals surface area (Å²) >= 11 is 0. The molecule has 0 spiro atoms. The number of amides is 1. The molecule has 1 saturated heterocycles. The van der Waals surface area contributed by atoms with E-state index < -0.39 is 0 Å². The summed E-state index contributed by atoms with van der Waals surface area (Å²) in [5, 5.41) is 0. The maximum absolute atomic E-state index is 12.9. The van der Waals surface area contributed by atoms with Gasteiger partial charge in [0.25, 0.3) is 0 Å². The number of likely N-dealkylation sites (N-methyl/N-ethyl adjacent to an activating group) is 1. The standard InChI is InChI=1S/C18H26N2O2/c1-19(2)13-16-17(14-7-4-3-5-8-14)20(11-12-22-16)18(21)15-9-6-10-15/h3-5,7-8,15-17H,6,9-13H2,1-2H3/t16-,17-/m0/s1. The Bertz CT molecular complexity index is 499. The first-order valence-corrected chi connectivity index (χ1v) is 8.28. The monoisotopic (exact) mass is 302 g/mol. The van der Waals surface area contributed by atoms with Gasteiger partial charge in [-0.3, -0.25) is 4.79 Å². The Hall–Kier alpha value is -1.39. The fourth-order valence-corrected chi connectivity index (χ4v) is 3.43. The summed E-state index contributed by atoms with van der Waals surface area (Å²) in [6.07, 6.45) is 3.33. The van der Waals surface area contributed by atoms with Gasteiger partial charge in [-0.15, -0.1) is 0 Å². The molecule has 0 radical (unpaired) electrons. The van der Waals surface area contributed by atoms with Crippen molar-refractivity contribution in [1.82, 2.24) is 9.80 Å².